The van der Waals surface area contributed by atoms with Crippen molar-refractivity contribution in [2.45, 2.75) is 19.4 Å². The molecule has 0 radical (unpaired) electrons. The van der Waals surface area contributed by atoms with Gasteiger partial charge in [0.05, 0.1) is 10.6 Å². The lowest BCUT2D eigenvalue weighted by Crippen LogP contribution is -2.48. The van der Waals surface area contributed by atoms with E-state index in [9.17, 15) is 4.79 Å². The summed E-state index contributed by atoms with van der Waals surface area (Å²) < 4.78 is 0.858. The molecule has 3 nitrogen and oxygen atoms in total. The maximum Gasteiger partial charge on any atom is 0.255 e. The zero-order chi connectivity index (χ0) is 13.3. The topological polar surface area (TPSA) is 46.3 Å². The number of halogens is 2. The molecule has 0 aliphatic carbocycles. The van der Waals surface area contributed by atoms with Gasteiger partial charge in [-0.15, -0.1) is 0 Å². The highest BCUT2D eigenvalue weighted by atomic mass is 79.9. The van der Waals surface area contributed by atoms with Gasteiger partial charge >= 0.3 is 0 Å². The average molecular weight is 332 g/mol. The van der Waals surface area contributed by atoms with Gasteiger partial charge < -0.3 is 10.6 Å². The summed E-state index contributed by atoms with van der Waals surface area (Å²) in [6.07, 6.45) is 0.846. The molecule has 0 bridgehead atoms. The smallest absolute Gasteiger partial charge is 0.255 e. The summed E-state index contributed by atoms with van der Waals surface area (Å²) in [5.74, 6) is 0.314. The first kappa shape index (κ1) is 13.8. The Morgan fingerprint density at radius 1 is 1.56 bits per heavy atom. The van der Waals surface area contributed by atoms with Crippen molar-refractivity contribution in [3.05, 3.63) is 33.3 Å². The minimum Gasteiger partial charge on any atom is -0.338 e. The van der Waals surface area contributed by atoms with Crippen molar-refractivity contribution < 1.29 is 4.79 Å². The average Bonchev–Trinajstić information content (AvgIpc) is 2.35. The molecule has 0 saturated carbocycles. The van der Waals surface area contributed by atoms with Crippen LogP contribution in [0.15, 0.2) is 22.7 Å². The second kappa shape index (κ2) is 5.59. The molecule has 2 rings (SSSR count). The van der Waals surface area contributed by atoms with Gasteiger partial charge in [0.1, 0.15) is 0 Å². The van der Waals surface area contributed by atoms with Gasteiger partial charge in [-0.2, -0.15) is 0 Å². The number of likely N-dealkylation sites (tertiary alicyclic amines) is 1. The van der Waals surface area contributed by atoms with Gasteiger partial charge in [0.2, 0.25) is 0 Å². The molecule has 5 heteroatoms. The number of benzene rings is 1. The normalized spacial score (nSPS) is 24.1. The van der Waals surface area contributed by atoms with Crippen LogP contribution in [0.25, 0.3) is 0 Å². The van der Waals surface area contributed by atoms with Gasteiger partial charge in [-0.25, -0.2) is 0 Å². The quantitative estimate of drug-likeness (QED) is 0.860. The number of carbonyl (C=O) groups is 1. The number of nitrogens with zero attached hydrogens (tertiary/aromatic N) is 1. The summed E-state index contributed by atoms with van der Waals surface area (Å²) in [5.41, 5.74) is 6.51. The third-order valence-electron chi connectivity index (χ3n) is 3.42. The highest BCUT2D eigenvalue weighted by molar-refractivity contribution is 9.10. The van der Waals surface area contributed by atoms with Gasteiger partial charge in [0.15, 0.2) is 0 Å². The molecular weight excluding hydrogens is 316 g/mol. The van der Waals surface area contributed by atoms with E-state index in [2.05, 4.69) is 22.9 Å². The molecular formula is C13H16BrClN2O. The Kier molecular flexibility index (Phi) is 4.30. The number of nitrogens with two attached hydrogens (primary N) is 1. The van der Waals surface area contributed by atoms with Crippen LogP contribution in [-0.4, -0.2) is 29.9 Å². The SMILES string of the molecule is CC1CN(C(=O)c2cc(Br)ccc2Cl)CCC1N. The fourth-order valence-electron chi connectivity index (χ4n) is 2.18. The molecule has 2 atom stereocenters. The predicted molar refractivity (Wildman–Crippen MR) is 76.8 cm³/mol. The lowest BCUT2D eigenvalue weighted by molar-refractivity contribution is 0.0664. The van der Waals surface area contributed by atoms with Gasteiger partial charge in [-0.1, -0.05) is 34.5 Å². The highest BCUT2D eigenvalue weighted by Gasteiger charge is 2.27. The summed E-state index contributed by atoms with van der Waals surface area (Å²) >= 11 is 9.44. The number of piperidine rings is 1. The minimum atomic E-state index is -0.0138. The first-order valence-corrected chi connectivity index (χ1v) is 7.16. The largest absolute Gasteiger partial charge is 0.338 e. The second-order valence-electron chi connectivity index (χ2n) is 4.81. The van der Waals surface area contributed by atoms with E-state index in [-0.39, 0.29) is 11.9 Å². The van der Waals surface area contributed by atoms with Crippen LogP contribution in [0.2, 0.25) is 5.02 Å². The lowest BCUT2D eigenvalue weighted by Gasteiger charge is -2.35. The van der Waals surface area contributed by atoms with Crippen molar-refractivity contribution in [2.75, 3.05) is 13.1 Å². The monoisotopic (exact) mass is 330 g/mol. The lowest BCUT2D eigenvalue weighted by atomic mass is 9.94. The molecule has 1 aliphatic rings. The number of hydrogen-bond donors (Lipinski definition) is 1. The van der Waals surface area contributed by atoms with Crippen LogP contribution < -0.4 is 5.73 Å². The molecule has 1 aromatic rings. The summed E-state index contributed by atoms with van der Waals surface area (Å²) in [5, 5.41) is 0.491. The number of rotatable bonds is 1. The van der Waals surface area contributed by atoms with E-state index < -0.39 is 0 Å². The van der Waals surface area contributed by atoms with E-state index in [4.69, 9.17) is 17.3 Å². The van der Waals surface area contributed by atoms with Crippen molar-refractivity contribution in [3.8, 4) is 0 Å². The Bertz CT molecular complexity index is 466. The van der Waals surface area contributed by atoms with Crippen molar-refractivity contribution in [1.82, 2.24) is 4.90 Å². The minimum absolute atomic E-state index is 0.0138. The number of carbonyl (C=O) groups excluding carboxylic acids is 1. The fourth-order valence-corrected chi connectivity index (χ4v) is 2.74. The highest BCUT2D eigenvalue weighted by Crippen LogP contribution is 2.24. The van der Waals surface area contributed by atoms with Crippen LogP contribution in [0.1, 0.15) is 23.7 Å². The Morgan fingerprint density at radius 3 is 2.94 bits per heavy atom. The van der Waals surface area contributed by atoms with E-state index in [1.54, 1.807) is 12.1 Å². The standard InChI is InChI=1S/C13H16BrClN2O/c1-8-7-17(5-4-12(8)16)13(18)10-6-9(14)2-3-11(10)15/h2-3,6,8,12H,4-5,7,16H2,1H3. The van der Waals surface area contributed by atoms with Crippen molar-refractivity contribution in [3.63, 3.8) is 0 Å². The fraction of sp³-hybridized carbons (Fsp3) is 0.462. The van der Waals surface area contributed by atoms with Crippen LogP contribution in [0.4, 0.5) is 0 Å². The molecule has 1 fully saturated rings. The molecule has 0 spiro atoms. The van der Waals surface area contributed by atoms with Gasteiger partial charge in [-0.05, 0) is 30.5 Å². The molecule has 18 heavy (non-hydrogen) atoms. The molecule has 2 unspecified atom stereocenters. The maximum absolute atomic E-state index is 12.4. The molecule has 1 heterocycles. The van der Waals surface area contributed by atoms with E-state index >= 15 is 0 Å². The summed E-state index contributed by atoms with van der Waals surface area (Å²) in [7, 11) is 0. The van der Waals surface area contributed by atoms with Crippen molar-refractivity contribution >= 4 is 33.4 Å². The van der Waals surface area contributed by atoms with Crippen LogP contribution >= 0.6 is 27.5 Å². The predicted octanol–water partition coefficient (Wildman–Crippen LogP) is 2.91. The molecule has 1 aliphatic heterocycles. The van der Waals surface area contributed by atoms with E-state index in [1.165, 1.54) is 0 Å². The maximum atomic E-state index is 12.4. The third-order valence-corrected chi connectivity index (χ3v) is 4.24. The van der Waals surface area contributed by atoms with Crippen molar-refractivity contribution in [2.24, 2.45) is 11.7 Å². The summed E-state index contributed by atoms with van der Waals surface area (Å²) in [4.78, 5) is 14.2. The Labute approximate surface area is 120 Å². The molecule has 0 aromatic heterocycles. The van der Waals surface area contributed by atoms with Crippen molar-refractivity contribution in [1.29, 1.82) is 0 Å². The summed E-state index contributed by atoms with van der Waals surface area (Å²) in [6.45, 7) is 3.47. The van der Waals surface area contributed by atoms with Gasteiger partial charge in [-0.3, -0.25) is 4.79 Å². The molecule has 2 N–H and O–H groups in total. The molecule has 1 amide bonds. The Hall–Kier alpha value is -0.580. The molecule has 98 valence electrons. The van der Waals surface area contributed by atoms with E-state index in [0.29, 0.717) is 29.6 Å². The first-order valence-electron chi connectivity index (χ1n) is 5.99. The Morgan fingerprint density at radius 2 is 2.28 bits per heavy atom. The van der Waals surface area contributed by atoms with Crippen LogP contribution in [-0.2, 0) is 0 Å². The van der Waals surface area contributed by atoms with Gasteiger partial charge in [0, 0.05) is 23.6 Å². The Balaban J connectivity index is 2.19. The number of amides is 1. The third kappa shape index (κ3) is 2.87. The number of hydrogen-bond acceptors (Lipinski definition) is 2. The second-order valence-corrected chi connectivity index (χ2v) is 6.13. The van der Waals surface area contributed by atoms with Crippen LogP contribution in [0.5, 0.6) is 0 Å². The zero-order valence-electron chi connectivity index (χ0n) is 10.2. The first-order chi connectivity index (χ1) is 8.49. The molecule has 1 saturated heterocycles. The van der Waals surface area contributed by atoms with Crippen LogP contribution in [0.3, 0.4) is 0 Å². The van der Waals surface area contributed by atoms with Gasteiger partial charge in [0.25, 0.3) is 5.91 Å². The van der Waals surface area contributed by atoms with E-state index in [1.807, 2.05) is 11.0 Å². The van der Waals surface area contributed by atoms with Crippen LogP contribution in [0, 0.1) is 5.92 Å². The molecule has 1 aromatic carbocycles. The zero-order valence-corrected chi connectivity index (χ0v) is 12.5. The van der Waals surface area contributed by atoms with E-state index in [0.717, 1.165) is 10.9 Å². The summed E-state index contributed by atoms with van der Waals surface area (Å²) in [6, 6.07) is 5.52.